The Morgan fingerprint density at radius 3 is 2.50 bits per heavy atom. The van der Waals surface area contributed by atoms with Crippen LogP contribution in [0.3, 0.4) is 0 Å². The largest absolute Gasteiger partial charge is 0.420 e. The molecule has 1 fully saturated rings. The molecule has 2 heterocycles. The molecule has 1 aliphatic rings. The second-order valence-corrected chi connectivity index (χ2v) is 9.31. The Bertz CT molecular complexity index is 1100. The van der Waals surface area contributed by atoms with Crippen LogP contribution in [0, 0.1) is 0 Å². The zero-order chi connectivity index (χ0) is 19.8. The summed E-state index contributed by atoms with van der Waals surface area (Å²) in [6.45, 7) is 1.12. The molecule has 0 atom stereocenters. The molecule has 1 aliphatic heterocycles. The van der Waals surface area contributed by atoms with E-state index in [-0.39, 0.29) is 10.8 Å². The summed E-state index contributed by atoms with van der Waals surface area (Å²) in [6.07, 6.45) is 2.50. The molecule has 0 aliphatic carbocycles. The molecule has 0 radical (unpaired) electrons. The van der Waals surface area contributed by atoms with Crippen LogP contribution in [-0.4, -0.2) is 38.1 Å². The number of halogens is 1. The zero-order valence-corrected chi connectivity index (χ0v) is 16.8. The van der Waals surface area contributed by atoms with Crippen molar-refractivity contribution in [3.63, 3.8) is 0 Å². The summed E-state index contributed by atoms with van der Waals surface area (Å²) in [7, 11) is -3.33. The Morgan fingerprint density at radius 2 is 1.79 bits per heavy atom. The fourth-order valence-electron chi connectivity index (χ4n) is 3.56. The molecule has 0 amide bonds. The van der Waals surface area contributed by atoms with Crippen molar-refractivity contribution in [2.24, 2.45) is 0 Å². The van der Waals surface area contributed by atoms with Gasteiger partial charge in [0.1, 0.15) is 0 Å². The third kappa shape index (κ3) is 3.45. The molecule has 1 saturated heterocycles. The van der Waals surface area contributed by atoms with Gasteiger partial charge < -0.3 is 9.15 Å². The Labute approximate surface area is 168 Å². The molecule has 4 rings (SSSR count). The van der Waals surface area contributed by atoms with Crippen LogP contribution in [-0.2, 0) is 20.0 Å². The first-order chi connectivity index (χ1) is 13.4. The third-order valence-electron chi connectivity index (χ3n) is 5.08. The monoisotopic (exact) mass is 418 g/mol. The van der Waals surface area contributed by atoms with Crippen LogP contribution in [0.15, 0.2) is 57.8 Å². The van der Waals surface area contributed by atoms with E-state index in [4.69, 9.17) is 20.8 Å². The quantitative estimate of drug-likeness (QED) is 0.639. The molecule has 0 unspecified atom stereocenters. The normalized spacial score (nSPS) is 16.8. The number of aromatic nitrogens is 2. The second kappa shape index (κ2) is 7.31. The molecular formula is C20H19ClN2O4S. The van der Waals surface area contributed by atoms with Gasteiger partial charge in [0.25, 0.3) is 0 Å². The van der Waals surface area contributed by atoms with Crippen molar-refractivity contribution in [1.82, 2.24) is 10.2 Å². The fraction of sp³-hybridized carbons (Fsp3) is 0.300. The summed E-state index contributed by atoms with van der Waals surface area (Å²) in [4.78, 5) is 0.205. The van der Waals surface area contributed by atoms with Crippen molar-refractivity contribution >= 4 is 21.4 Å². The predicted octanol–water partition coefficient (Wildman–Crippen LogP) is 3.89. The van der Waals surface area contributed by atoms with E-state index in [2.05, 4.69) is 10.2 Å². The van der Waals surface area contributed by atoms with E-state index in [1.54, 1.807) is 24.3 Å². The van der Waals surface area contributed by atoms with Crippen molar-refractivity contribution in [3.8, 4) is 11.5 Å². The maximum Gasteiger partial charge on any atom is 0.247 e. The Hall–Kier alpha value is -2.22. The van der Waals surface area contributed by atoms with Gasteiger partial charge in [0, 0.05) is 30.1 Å². The summed E-state index contributed by atoms with van der Waals surface area (Å²) in [5, 5.41) is 9.15. The first-order valence-electron chi connectivity index (χ1n) is 8.87. The van der Waals surface area contributed by atoms with E-state index < -0.39 is 15.3 Å². The van der Waals surface area contributed by atoms with Crippen molar-refractivity contribution in [1.29, 1.82) is 0 Å². The molecule has 0 bridgehead atoms. The summed E-state index contributed by atoms with van der Waals surface area (Å²) < 4.78 is 35.3. The highest BCUT2D eigenvalue weighted by atomic mass is 35.5. The van der Waals surface area contributed by atoms with Crippen LogP contribution >= 0.6 is 11.6 Å². The summed E-state index contributed by atoms with van der Waals surface area (Å²) >= 11 is 6.49. The maximum absolute atomic E-state index is 11.8. The summed E-state index contributed by atoms with van der Waals surface area (Å²) in [5.41, 5.74) is 0.958. The molecule has 0 spiro atoms. The molecule has 0 N–H and O–H groups in total. The van der Waals surface area contributed by atoms with Gasteiger partial charge in [-0.05, 0) is 42.7 Å². The number of rotatable bonds is 4. The van der Waals surface area contributed by atoms with Crippen LogP contribution < -0.4 is 0 Å². The maximum atomic E-state index is 11.8. The number of ether oxygens (including phenoxy) is 1. The van der Waals surface area contributed by atoms with Gasteiger partial charge in [0.05, 0.1) is 10.3 Å². The second-order valence-electron chi connectivity index (χ2n) is 6.89. The first kappa shape index (κ1) is 19.1. The van der Waals surface area contributed by atoms with E-state index >= 15 is 0 Å². The van der Waals surface area contributed by atoms with E-state index in [1.165, 1.54) is 6.26 Å². The van der Waals surface area contributed by atoms with Crippen LogP contribution in [0.5, 0.6) is 0 Å². The lowest BCUT2D eigenvalue weighted by molar-refractivity contribution is 0.0546. The minimum absolute atomic E-state index is 0.205. The Balaban J connectivity index is 1.79. The molecule has 2 aromatic carbocycles. The van der Waals surface area contributed by atoms with E-state index in [9.17, 15) is 8.42 Å². The lowest BCUT2D eigenvalue weighted by Gasteiger charge is -2.35. The van der Waals surface area contributed by atoms with Crippen molar-refractivity contribution in [2.45, 2.75) is 23.2 Å². The van der Waals surface area contributed by atoms with Gasteiger partial charge in [-0.2, -0.15) is 0 Å². The van der Waals surface area contributed by atoms with Gasteiger partial charge in [-0.3, -0.25) is 0 Å². The Kier molecular flexibility index (Phi) is 4.99. The number of nitrogens with zero attached hydrogens (tertiary/aromatic N) is 2. The van der Waals surface area contributed by atoms with Gasteiger partial charge >= 0.3 is 0 Å². The minimum atomic E-state index is -3.33. The van der Waals surface area contributed by atoms with E-state index in [1.807, 2.05) is 24.3 Å². The van der Waals surface area contributed by atoms with Gasteiger partial charge in [0.15, 0.2) is 9.84 Å². The van der Waals surface area contributed by atoms with Gasteiger partial charge in [-0.25, -0.2) is 8.42 Å². The average molecular weight is 419 g/mol. The number of sulfone groups is 1. The van der Waals surface area contributed by atoms with Crippen molar-refractivity contribution in [3.05, 3.63) is 65.0 Å². The van der Waals surface area contributed by atoms with Crippen LogP contribution in [0.25, 0.3) is 11.5 Å². The topological polar surface area (TPSA) is 82.3 Å². The van der Waals surface area contributed by atoms with E-state index in [0.717, 1.165) is 5.56 Å². The summed E-state index contributed by atoms with van der Waals surface area (Å²) in [5.74, 6) is 0.738. The van der Waals surface area contributed by atoms with Crippen molar-refractivity contribution < 1.29 is 17.6 Å². The van der Waals surface area contributed by atoms with E-state index in [0.29, 0.717) is 42.5 Å². The van der Waals surface area contributed by atoms with Gasteiger partial charge in [0.2, 0.25) is 11.8 Å². The standard InChI is InChI=1S/C20H19ClN2O4S/c1-28(24,25)15-6-4-5-14(13-15)18-22-23-19(27-18)20(9-11-26-12-10-20)16-7-2-3-8-17(16)21/h2-8,13H,9-12H2,1H3. The number of hydrogen-bond donors (Lipinski definition) is 0. The highest BCUT2D eigenvalue weighted by molar-refractivity contribution is 7.90. The van der Waals surface area contributed by atoms with Crippen LogP contribution in [0.1, 0.15) is 24.3 Å². The molecule has 0 saturated carbocycles. The average Bonchev–Trinajstić information content (AvgIpc) is 3.19. The summed E-state index contributed by atoms with van der Waals surface area (Å²) in [6, 6.07) is 14.1. The Morgan fingerprint density at radius 1 is 1.04 bits per heavy atom. The fourth-order valence-corrected chi connectivity index (χ4v) is 4.54. The van der Waals surface area contributed by atoms with Gasteiger partial charge in [-0.15, -0.1) is 10.2 Å². The molecule has 28 heavy (non-hydrogen) atoms. The number of hydrogen-bond acceptors (Lipinski definition) is 6. The smallest absolute Gasteiger partial charge is 0.247 e. The minimum Gasteiger partial charge on any atom is -0.420 e. The zero-order valence-electron chi connectivity index (χ0n) is 15.3. The highest BCUT2D eigenvalue weighted by Gasteiger charge is 2.42. The first-order valence-corrected chi connectivity index (χ1v) is 11.1. The molecule has 8 heteroatoms. The lowest BCUT2D eigenvalue weighted by atomic mass is 9.74. The predicted molar refractivity (Wildman–Crippen MR) is 105 cm³/mol. The van der Waals surface area contributed by atoms with Gasteiger partial charge in [-0.1, -0.05) is 35.9 Å². The SMILES string of the molecule is CS(=O)(=O)c1cccc(-c2nnc(C3(c4ccccc4Cl)CCOCC3)o2)c1. The lowest BCUT2D eigenvalue weighted by Crippen LogP contribution is -2.35. The molecule has 6 nitrogen and oxygen atoms in total. The molecule has 1 aromatic heterocycles. The third-order valence-corrected chi connectivity index (χ3v) is 6.52. The van der Waals surface area contributed by atoms with Crippen molar-refractivity contribution in [2.75, 3.05) is 19.5 Å². The van der Waals surface area contributed by atoms with Crippen LogP contribution in [0.4, 0.5) is 0 Å². The molecular weight excluding hydrogens is 400 g/mol. The molecule has 3 aromatic rings. The number of benzene rings is 2. The van der Waals surface area contributed by atoms with Crippen LogP contribution in [0.2, 0.25) is 5.02 Å². The highest BCUT2D eigenvalue weighted by Crippen LogP contribution is 2.44. The molecule has 146 valence electrons.